The maximum Gasteiger partial charge on any atom is 0.264 e. The third-order valence-electron chi connectivity index (χ3n) is 6.53. The van der Waals surface area contributed by atoms with E-state index in [2.05, 4.69) is 14.9 Å². The second-order valence-corrected chi connectivity index (χ2v) is 10.9. The average Bonchev–Trinajstić information content (AvgIpc) is 3.50. The van der Waals surface area contributed by atoms with Gasteiger partial charge in [0.2, 0.25) is 0 Å². The van der Waals surface area contributed by atoms with E-state index in [0.717, 1.165) is 5.69 Å². The van der Waals surface area contributed by atoms with E-state index < -0.39 is 10.0 Å². The van der Waals surface area contributed by atoms with Crippen molar-refractivity contribution in [2.45, 2.75) is 11.4 Å². The van der Waals surface area contributed by atoms with Crippen LogP contribution in [0.25, 0.3) is 0 Å². The molecule has 0 aliphatic carbocycles. The number of aromatic nitrogens is 2. The van der Waals surface area contributed by atoms with Crippen molar-refractivity contribution in [1.82, 2.24) is 14.9 Å². The summed E-state index contributed by atoms with van der Waals surface area (Å²) < 4.78 is 34.0. The van der Waals surface area contributed by atoms with Crippen molar-refractivity contribution in [3.8, 4) is 11.5 Å². The fourth-order valence-electron chi connectivity index (χ4n) is 4.38. The maximum atomic E-state index is 13.5. The number of H-pyrrole nitrogens is 1. The number of amides is 1. The topological polar surface area (TPSA) is 119 Å². The van der Waals surface area contributed by atoms with E-state index in [1.165, 1.54) is 22.8 Å². The van der Waals surface area contributed by atoms with E-state index in [-0.39, 0.29) is 29.7 Å². The van der Waals surface area contributed by atoms with Gasteiger partial charge in [-0.3, -0.25) is 9.10 Å². The van der Waals surface area contributed by atoms with Crippen LogP contribution < -0.4 is 13.9 Å². The number of phenols is 1. The Balaban J connectivity index is 1.23. The number of anilines is 2. The Bertz CT molecular complexity index is 1470. The number of hydrogen-bond acceptors (Lipinski definition) is 7. The third kappa shape index (κ3) is 6.15. The molecule has 39 heavy (non-hydrogen) atoms. The molecule has 2 N–H and O–H groups in total. The van der Waals surface area contributed by atoms with E-state index in [0.29, 0.717) is 43.3 Å². The summed E-state index contributed by atoms with van der Waals surface area (Å²) in [4.78, 5) is 23.8. The first-order chi connectivity index (χ1) is 18.9. The lowest BCUT2D eigenvalue weighted by atomic mass is 10.2. The monoisotopic (exact) mass is 547 g/mol. The van der Waals surface area contributed by atoms with Gasteiger partial charge >= 0.3 is 0 Å². The minimum absolute atomic E-state index is 0.0679. The van der Waals surface area contributed by atoms with Crippen LogP contribution >= 0.6 is 0 Å². The van der Waals surface area contributed by atoms with Gasteiger partial charge in [-0.25, -0.2) is 13.4 Å². The van der Waals surface area contributed by atoms with Gasteiger partial charge in [-0.15, -0.1) is 0 Å². The number of rotatable bonds is 9. The highest BCUT2D eigenvalue weighted by Crippen LogP contribution is 2.28. The number of aromatic amines is 1. The lowest BCUT2D eigenvalue weighted by Gasteiger charge is -2.36. The Kier molecular flexibility index (Phi) is 7.69. The minimum Gasteiger partial charge on any atom is -0.508 e. The number of phenolic OH excluding ortho intramolecular Hbond substituents is 1. The van der Waals surface area contributed by atoms with Crippen LogP contribution in [0.5, 0.6) is 11.5 Å². The molecule has 1 fully saturated rings. The van der Waals surface area contributed by atoms with E-state index in [9.17, 15) is 18.3 Å². The Morgan fingerprint density at radius 2 is 1.64 bits per heavy atom. The first-order valence-electron chi connectivity index (χ1n) is 12.5. The fraction of sp³-hybridized carbons (Fsp3) is 0.214. The summed E-state index contributed by atoms with van der Waals surface area (Å²) in [6.45, 7) is 2.43. The van der Waals surface area contributed by atoms with Crippen molar-refractivity contribution in [2.75, 3.05) is 42.0 Å². The second-order valence-electron chi connectivity index (χ2n) is 9.07. The Morgan fingerprint density at radius 1 is 0.949 bits per heavy atom. The molecule has 1 aromatic heterocycles. The molecule has 202 valence electrons. The fourth-order valence-corrected chi connectivity index (χ4v) is 5.85. The zero-order valence-electron chi connectivity index (χ0n) is 21.2. The summed E-state index contributed by atoms with van der Waals surface area (Å²) in [5, 5.41) is 9.37. The molecule has 1 saturated heterocycles. The van der Waals surface area contributed by atoms with Crippen molar-refractivity contribution in [2.24, 2.45) is 0 Å². The van der Waals surface area contributed by atoms with Crippen LogP contribution in [0, 0.1) is 0 Å². The standard InChI is InChI=1S/C28H29N5O5S/c34-25-10-12-26(13-11-25)38-20-28(35)32-16-14-31(15-17-32)23-6-8-24(9-7-23)33(19-22-18-29-21-30-22)39(36,37)27-4-2-1-3-5-27/h1-13,18,21,34H,14-17,19-20H2,(H,29,30). The van der Waals surface area contributed by atoms with Crippen molar-refractivity contribution in [3.63, 3.8) is 0 Å². The number of carbonyl (C=O) groups excluding carboxylic acids is 1. The Hall–Kier alpha value is -4.51. The van der Waals surface area contributed by atoms with Crippen molar-refractivity contribution >= 4 is 27.3 Å². The molecule has 5 rings (SSSR count). The zero-order valence-corrected chi connectivity index (χ0v) is 22.0. The molecule has 0 bridgehead atoms. The van der Waals surface area contributed by atoms with Gasteiger partial charge in [0.05, 0.1) is 29.1 Å². The van der Waals surface area contributed by atoms with E-state index in [4.69, 9.17) is 4.74 Å². The van der Waals surface area contributed by atoms with Gasteiger partial charge in [0.1, 0.15) is 11.5 Å². The van der Waals surface area contributed by atoms with Crippen LogP contribution in [0.15, 0.2) is 96.3 Å². The number of nitrogens with zero attached hydrogens (tertiary/aromatic N) is 4. The molecule has 10 nitrogen and oxygen atoms in total. The first kappa shape index (κ1) is 26.1. The number of ether oxygens (including phenoxy) is 1. The highest BCUT2D eigenvalue weighted by atomic mass is 32.2. The summed E-state index contributed by atoms with van der Waals surface area (Å²) in [6.07, 6.45) is 3.13. The molecule has 3 aromatic carbocycles. The van der Waals surface area contributed by atoms with Crippen LogP contribution in [0.1, 0.15) is 5.69 Å². The maximum absolute atomic E-state index is 13.5. The van der Waals surface area contributed by atoms with Gasteiger partial charge in [0, 0.05) is 38.1 Å². The van der Waals surface area contributed by atoms with Gasteiger partial charge < -0.3 is 24.6 Å². The SMILES string of the molecule is O=C(COc1ccc(O)cc1)N1CCN(c2ccc(N(Cc3cnc[nH]3)S(=O)(=O)c3ccccc3)cc2)CC1. The van der Waals surface area contributed by atoms with Gasteiger partial charge in [0.15, 0.2) is 6.61 Å². The lowest BCUT2D eigenvalue weighted by molar-refractivity contribution is -0.133. The van der Waals surface area contributed by atoms with Gasteiger partial charge in [0.25, 0.3) is 15.9 Å². The van der Waals surface area contributed by atoms with Gasteiger partial charge in [-0.05, 0) is 60.7 Å². The van der Waals surface area contributed by atoms with Crippen LogP contribution in [-0.2, 0) is 21.4 Å². The molecule has 0 unspecified atom stereocenters. The molecule has 2 heterocycles. The molecular weight excluding hydrogens is 518 g/mol. The van der Waals surface area contributed by atoms with Crippen LogP contribution in [-0.4, -0.2) is 67.1 Å². The molecule has 11 heteroatoms. The van der Waals surface area contributed by atoms with Gasteiger partial charge in [-0.2, -0.15) is 0 Å². The number of carbonyl (C=O) groups is 1. The number of piperazine rings is 1. The van der Waals surface area contributed by atoms with Crippen LogP contribution in [0.2, 0.25) is 0 Å². The quantitative estimate of drug-likeness (QED) is 0.330. The molecule has 0 spiro atoms. The van der Waals surface area contributed by atoms with Gasteiger partial charge in [-0.1, -0.05) is 18.2 Å². The van der Waals surface area contributed by atoms with Crippen molar-refractivity contribution in [3.05, 3.63) is 97.1 Å². The third-order valence-corrected chi connectivity index (χ3v) is 8.32. The highest BCUT2D eigenvalue weighted by Gasteiger charge is 2.26. The van der Waals surface area contributed by atoms with Crippen LogP contribution in [0.3, 0.4) is 0 Å². The summed E-state index contributed by atoms with van der Waals surface area (Å²) in [5.74, 6) is 0.565. The Labute approximate surface area is 227 Å². The van der Waals surface area contributed by atoms with Crippen molar-refractivity contribution in [1.29, 1.82) is 0 Å². The lowest BCUT2D eigenvalue weighted by Crippen LogP contribution is -2.50. The normalized spacial score (nSPS) is 13.7. The van der Waals surface area contributed by atoms with E-state index >= 15 is 0 Å². The van der Waals surface area contributed by atoms with Crippen LogP contribution in [0.4, 0.5) is 11.4 Å². The molecule has 0 saturated carbocycles. The summed E-state index contributed by atoms with van der Waals surface area (Å²) in [6, 6.07) is 22.0. The largest absolute Gasteiger partial charge is 0.508 e. The predicted octanol–water partition coefficient (Wildman–Crippen LogP) is 3.24. The van der Waals surface area contributed by atoms with E-state index in [1.807, 2.05) is 12.1 Å². The molecule has 0 atom stereocenters. The second kappa shape index (κ2) is 11.5. The molecular formula is C28H29N5O5S. The first-order valence-corrected chi connectivity index (χ1v) is 13.9. The summed E-state index contributed by atoms with van der Waals surface area (Å²) in [5.41, 5.74) is 2.16. The number of aromatic hydroxyl groups is 1. The van der Waals surface area contributed by atoms with E-state index in [1.54, 1.807) is 65.7 Å². The predicted molar refractivity (Wildman–Crippen MR) is 147 cm³/mol. The zero-order chi connectivity index (χ0) is 27.2. The highest BCUT2D eigenvalue weighted by molar-refractivity contribution is 7.92. The molecule has 1 aliphatic rings. The molecule has 1 aliphatic heterocycles. The smallest absolute Gasteiger partial charge is 0.264 e. The number of sulfonamides is 1. The summed E-state index contributed by atoms with van der Waals surface area (Å²) >= 11 is 0. The minimum atomic E-state index is -3.81. The summed E-state index contributed by atoms with van der Waals surface area (Å²) in [7, 11) is -3.81. The average molecular weight is 548 g/mol. The van der Waals surface area contributed by atoms with Crippen molar-refractivity contribution < 1.29 is 23.1 Å². The molecule has 4 aromatic rings. The number of hydrogen-bond donors (Lipinski definition) is 2. The molecule has 0 radical (unpaired) electrons. The number of imidazole rings is 1. The molecule has 1 amide bonds. The number of benzene rings is 3. The number of nitrogens with one attached hydrogen (secondary N) is 1. The Morgan fingerprint density at radius 3 is 2.28 bits per heavy atom.